The monoisotopic (exact) mass is 799 g/mol. The topological polar surface area (TPSA) is 170 Å². The Hall–Kier alpha value is -5.65. The van der Waals surface area contributed by atoms with E-state index in [0.717, 1.165) is 0 Å². The van der Waals surface area contributed by atoms with Crippen molar-refractivity contribution in [2.24, 2.45) is 0 Å². The van der Waals surface area contributed by atoms with E-state index in [4.69, 9.17) is 42.7 Å². The highest BCUT2D eigenvalue weighted by Gasteiger charge is 2.35. The fraction of sp³-hybridized carbons (Fsp3) is 0.450. The van der Waals surface area contributed by atoms with Crippen LogP contribution in [0.3, 0.4) is 0 Å². The quantitative estimate of drug-likeness (QED) is 0.111. The first-order chi connectivity index (χ1) is 27.1. The van der Waals surface area contributed by atoms with E-state index in [1.165, 1.54) is 86.9 Å². The third-order valence-electron chi connectivity index (χ3n) is 8.46. The molecular formula is C40H50FN3O13. The van der Waals surface area contributed by atoms with Gasteiger partial charge >= 0.3 is 12.1 Å². The van der Waals surface area contributed by atoms with Crippen molar-refractivity contribution in [1.29, 1.82) is 0 Å². The van der Waals surface area contributed by atoms with E-state index in [2.05, 4.69) is 5.32 Å². The van der Waals surface area contributed by atoms with Crippen molar-refractivity contribution in [3.63, 3.8) is 0 Å². The molecule has 1 aliphatic heterocycles. The first kappa shape index (κ1) is 44.1. The van der Waals surface area contributed by atoms with Gasteiger partial charge in [-0.1, -0.05) is 12.1 Å². The summed E-state index contributed by atoms with van der Waals surface area (Å²) in [4.78, 5) is 60.7. The third kappa shape index (κ3) is 11.7. The number of benzene rings is 3. The van der Waals surface area contributed by atoms with Gasteiger partial charge in [0.1, 0.15) is 23.0 Å². The number of hydrogen-bond donors (Lipinski definition) is 1. The zero-order chi connectivity index (χ0) is 41.9. The van der Waals surface area contributed by atoms with Crippen molar-refractivity contribution < 1.29 is 66.3 Å². The van der Waals surface area contributed by atoms with Gasteiger partial charge in [0.15, 0.2) is 36.7 Å². The maximum absolute atomic E-state index is 15.6. The molecule has 3 aromatic carbocycles. The second kappa shape index (κ2) is 20.0. The number of methoxy groups -OCH3 is 4. The Morgan fingerprint density at radius 3 is 2.04 bits per heavy atom. The highest BCUT2D eigenvalue weighted by atomic mass is 19.1. The van der Waals surface area contributed by atoms with Crippen molar-refractivity contribution in [2.45, 2.75) is 51.4 Å². The highest BCUT2D eigenvalue weighted by molar-refractivity contribution is 6.11. The molecule has 0 bridgehead atoms. The number of ketones is 1. The second-order valence-corrected chi connectivity index (χ2v) is 14.0. The number of hydrogen-bond acceptors (Lipinski definition) is 15. The lowest BCUT2D eigenvalue weighted by molar-refractivity contribution is -0.144. The lowest BCUT2D eigenvalue weighted by Crippen LogP contribution is -2.50. The summed E-state index contributed by atoms with van der Waals surface area (Å²) in [6.45, 7) is 4.94. The van der Waals surface area contributed by atoms with Crippen molar-refractivity contribution in [3.8, 4) is 23.0 Å². The predicted molar refractivity (Wildman–Crippen MR) is 204 cm³/mol. The molecule has 2 atom stereocenters. The van der Waals surface area contributed by atoms with E-state index in [9.17, 15) is 19.2 Å². The highest BCUT2D eigenvalue weighted by Crippen LogP contribution is 2.39. The molecule has 1 fully saturated rings. The molecule has 0 spiro atoms. The SMILES string of the molecule is COCOc1ccc(N(C)C)c(F)c1C(=O)c1ccc(C(=O)O[C@@H]2CCCN(OC(=O)OC(C)(C)C)C[C@H]2NC(=O)c2cc(OC)c(OCOC)c(OC)c2)cc1. The maximum atomic E-state index is 15.6. The Morgan fingerprint density at radius 2 is 1.46 bits per heavy atom. The summed E-state index contributed by atoms with van der Waals surface area (Å²) < 4.78 is 58.9. The number of carbonyl (C=O) groups excluding carboxylic acids is 4. The van der Waals surface area contributed by atoms with Gasteiger partial charge in [0.2, 0.25) is 5.75 Å². The smallest absolute Gasteiger partial charge is 0.493 e. The molecular weight excluding hydrogens is 749 g/mol. The molecule has 310 valence electrons. The molecule has 3 aromatic rings. The number of amides is 1. The standard InChI is InChI=1S/C40H50FN3O13/c1-40(2,3)56-39(48)57-44-18-10-11-29(27(21-44)42-37(46)26-19-31(51-8)36(54-23-50-7)32(20-26)52-9)55-38(47)25-14-12-24(13-15-25)35(45)33-30(53-22-49-6)17-16-28(34(33)41)43(4)5/h12-17,19-20,27,29H,10-11,18,21-23H2,1-9H3,(H,42,46)/t27-,29-/m1/s1. The molecule has 0 aromatic heterocycles. The lowest BCUT2D eigenvalue weighted by atomic mass is 9.99. The minimum absolute atomic E-state index is 0.00756. The van der Waals surface area contributed by atoms with E-state index in [0.29, 0.717) is 6.42 Å². The number of ether oxygens (including phenoxy) is 8. The summed E-state index contributed by atoms with van der Waals surface area (Å²) in [6.07, 6.45) is -1.18. The fourth-order valence-corrected chi connectivity index (χ4v) is 5.81. The van der Waals surface area contributed by atoms with E-state index in [1.807, 2.05) is 0 Å². The van der Waals surface area contributed by atoms with Crippen LogP contribution in [-0.4, -0.2) is 116 Å². The number of esters is 1. The second-order valence-electron chi connectivity index (χ2n) is 14.0. The van der Waals surface area contributed by atoms with Crippen LogP contribution in [0, 0.1) is 5.82 Å². The minimum atomic E-state index is -0.940. The molecule has 1 heterocycles. The molecule has 4 rings (SSSR count). The Kier molecular flexibility index (Phi) is 15.4. The van der Waals surface area contributed by atoms with E-state index in [-0.39, 0.29) is 84.0 Å². The fourth-order valence-electron chi connectivity index (χ4n) is 5.81. The summed E-state index contributed by atoms with van der Waals surface area (Å²) in [7, 11) is 8.94. The number of nitrogens with one attached hydrogen (secondary N) is 1. The third-order valence-corrected chi connectivity index (χ3v) is 8.46. The van der Waals surface area contributed by atoms with Crippen LogP contribution in [0.2, 0.25) is 0 Å². The molecule has 1 aliphatic rings. The van der Waals surface area contributed by atoms with Gasteiger partial charge in [-0.3, -0.25) is 9.59 Å². The molecule has 17 heteroatoms. The number of carbonyl (C=O) groups is 4. The summed E-state index contributed by atoms with van der Waals surface area (Å²) >= 11 is 0. The number of nitrogens with zero attached hydrogens (tertiary/aromatic N) is 2. The van der Waals surface area contributed by atoms with Gasteiger partial charge in [-0.05, 0) is 70.0 Å². The lowest BCUT2D eigenvalue weighted by Gasteiger charge is -2.29. The van der Waals surface area contributed by atoms with Gasteiger partial charge in [0.05, 0.1) is 38.1 Å². The average Bonchev–Trinajstić information content (AvgIpc) is 3.35. The molecule has 57 heavy (non-hydrogen) atoms. The number of rotatable bonds is 16. The van der Waals surface area contributed by atoms with Crippen LogP contribution in [0.15, 0.2) is 48.5 Å². The summed E-state index contributed by atoms with van der Waals surface area (Å²) in [6, 6.07) is 10.5. The van der Waals surface area contributed by atoms with Gasteiger partial charge in [0.25, 0.3) is 5.91 Å². The largest absolute Gasteiger partial charge is 0.528 e. The van der Waals surface area contributed by atoms with Gasteiger partial charge in [0, 0.05) is 46.0 Å². The van der Waals surface area contributed by atoms with E-state index >= 15 is 4.39 Å². The van der Waals surface area contributed by atoms with Crippen LogP contribution < -0.4 is 29.2 Å². The zero-order valence-electron chi connectivity index (χ0n) is 33.6. The van der Waals surface area contributed by atoms with Gasteiger partial charge in [-0.25, -0.2) is 14.0 Å². The molecule has 1 amide bonds. The summed E-state index contributed by atoms with van der Waals surface area (Å²) in [5, 5.41) is 4.25. The molecule has 0 aliphatic carbocycles. The normalized spacial score (nSPS) is 15.8. The Bertz CT molecular complexity index is 1860. The van der Waals surface area contributed by atoms with Crippen LogP contribution in [0.1, 0.15) is 70.3 Å². The van der Waals surface area contributed by atoms with E-state index < -0.39 is 47.4 Å². The predicted octanol–water partition coefficient (Wildman–Crippen LogP) is 5.39. The number of anilines is 1. The summed E-state index contributed by atoms with van der Waals surface area (Å²) in [5.41, 5.74) is -0.641. The Morgan fingerprint density at radius 1 is 0.842 bits per heavy atom. The first-order valence-electron chi connectivity index (χ1n) is 17.9. The number of hydroxylamine groups is 2. The molecule has 0 saturated carbocycles. The van der Waals surface area contributed by atoms with Crippen molar-refractivity contribution in [3.05, 3.63) is 76.6 Å². The van der Waals surface area contributed by atoms with Crippen molar-refractivity contribution in [1.82, 2.24) is 10.4 Å². The average molecular weight is 800 g/mol. The van der Waals surface area contributed by atoms with Crippen molar-refractivity contribution >= 4 is 29.5 Å². The van der Waals surface area contributed by atoms with Crippen LogP contribution in [-0.2, 0) is 23.8 Å². The molecule has 1 N–H and O–H groups in total. The maximum Gasteiger partial charge on any atom is 0.528 e. The Labute approximate surface area is 330 Å². The molecule has 0 radical (unpaired) electrons. The van der Waals surface area contributed by atoms with Crippen LogP contribution >= 0.6 is 0 Å². The molecule has 16 nitrogen and oxygen atoms in total. The summed E-state index contributed by atoms with van der Waals surface area (Å²) in [5.74, 6) is -2.19. The first-order valence-corrected chi connectivity index (χ1v) is 17.9. The van der Waals surface area contributed by atoms with E-state index in [1.54, 1.807) is 34.9 Å². The van der Waals surface area contributed by atoms with Gasteiger partial charge in [-0.2, -0.15) is 0 Å². The zero-order valence-corrected chi connectivity index (χ0v) is 33.6. The van der Waals surface area contributed by atoms with Crippen LogP contribution in [0.5, 0.6) is 23.0 Å². The number of halogens is 1. The minimum Gasteiger partial charge on any atom is -0.493 e. The van der Waals surface area contributed by atoms with Crippen LogP contribution in [0.4, 0.5) is 14.9 Å². The molecule has 1 saturated heterocycles. The molecule has 0 unspecified atom stereocenters. The van der Waals surface area contributed by atoms with Gasteiger partial charge in [-0.15, -0.1) is 5.06 Å². The Balaban J connectivity index is 1.60. The van der Waals surface area contributed by atoms with Gasteiger partial charge < -0.3 is 52.9 Å². The van der Waals surface area contributed by atoms with Crippen LogP contribution in [0.25, 0.3) is 0 Å². The van der Waals surface area contributed by atoms with Crippen molar-refractivity contribution in [2.75, 3.05) is 74.1 Å².